The zero-order valence-corrected chi connectivity index (χ0v) is 16.0. The highest BCUT2D eigenvalue weighted by Gasteiger charge is 2.19. The van der Waals surface area contributed by atoms with E-state index in [1.54, 1.807) is 0 Å². The summed E-state index contributed by atoms with van der Waals surface area (Å²) in [6, 6.07) is 6.10. The van der Waals surface area contributed by atoms with Crippen molar-refractivity contribution in [2.24, 2.45) is 0 Å². The van der Waals surface area contributed by atoms with Crippen molar-refractivity contribution < 1.29 is 9.90 Å². The lowest BCUT2D eigenvalue weighted by Crippen LogP contribution is -2.29. The summed E-state index contributed by atoms with van der Waals surface area (Å²) in [5.41, 5.74) is 3.08. The quantitative estimate of drug-likeness (QED) is 0.528. The smallest absolute Gasteiger partial charge is 0.404 e. The van der Waals surface area contributed by atoms with E-state index in [1.807, 2.05) is 19.1 Å². The molecule has 2 rings (SSSR count). The molecule has 0 saturated carbocycles. The summed E-state index contributed by atoms with van der Waals surface area (Å²) in [4.78, 5) is 13.1. The number of carbonyl (C=O) groups is 1. The van der Waals surface area contributed by atoms with Crippen LogP contribution in [-0.2, 0) is 6.42 Å². The van der Waals surface area contributed by atoms with Gasteiger partial charge in [0.1, 0.15) is 0 Å². The van der Waals surface area contributed by atoms with Crippen LogP contribution in [0.3, 0.4) is 0 Å². The van der Waals surface area contributed by atoms with Crippen molar-refractivity contribution in [1.82, 2.24) is 25.9 Å². The van der Waals surface area contributed by atoms with Crippen LogP contribution in [0, 0.1) is 6.92 Å². The minimum absolute atomic E-state index is 0.127. The summed E-state index contributed by atoms with van der Waals surface area (Å²) < 4.78 is 0. The molecule has 8 nitrogen and oxygen atoms in total. The van der Waals surface area contributed by atoms with Gasteiger partial charge in [-0.2, -0.15) is 5.21 Å². The number of aromatic amines is 1. The Balaban J connectivity index is 2.31. The Morgan fingerprint density at radius 2 is 2.08 bits per heavy atom. The molecule has 0 aliphatic rings. The van der Waals surface area contributed by atoms with Crippen LogP contribution in [0.2, 0.25) is 0 Å². The van der Waals surface area contributed by atoms with Gasteiger partial charge in [-0.05, 0) is 30.2 Å². The molecule has 0 aliphatic heterocycles. The number of rotatable bonds is 10. The topological polar surface area (TPSA) is 107 Å². The van der Waals surface area contributed by atoms with Crippen molar-refractivity contribution in [3.05, 3.63) is 35.2 Å². The molecule has 0 aliphatic carbocycles. The lowest BCUT2D eigenvalue weighted by Gasteiger charge is -2.26. The number of alkyl halides is 2. The average Bonchev–Trinajstić information content (AvgIpc) is 3.12. The van der Waals surface area contributed by atoms with E-state index in [4.69, 9.17) is 28.3 Å². The number of tetrazole rings is 1. The lowest BCUT2D eigenvalue weighted by molar-refractivity contribution is 0.193. The third-order valence-corrected chi connectivity index (χ3v) is 4.43. The summed E-state index contributed by atoms with van der Waals surface area (Å²) in [7, 11) is 0. The number of benzene rings is 1. The van der Waals surface area contributed by atoms with Crippen LogP contribution in [0.1, 0.15) is 22.9 Å². The van der Waals surface area contributed by atoms with Crippen LogP contribution in [0.5, 0.6) is 0 Å². The molecule has 2 aromatic rings. The van der Waals surface area contributed by atoms with E-state index in [0.717, 1.165) is 16.8 Å². The minimum atomic E-state index is -1.07. The second kappa shape index (κ2) is 10.2. The van der Waals surface area contributed by atoms with E-state index >= 15 is 0 Å². The van der Waals surface area contributed by atoms with Gasteiger partial charge < -0.3 is 15.3 Å². The van der Waals surface area contributed by atoms with Gasteiger partial charge in [-0.1, -0.05) is 11.3 Å². The Labute approximate surface area is 161 Å². The van der Waals surface area contributed by atoms with Crippen LogP contribution in [0.15, 0.2) is 18.2 Å². The van der Waals surface area contributed by atoms with Gasteiger partial charge in [0.15, 0.2) is 5.82 Å². The maximum atomic E-state index is 11.0. The van der Waals surface area contributed by atoms with E-state index in [1.165, 1.54) is 0 Å². The summed E-state index contributed by atoms with van der Waals surface area (Å²) >= 11 is 11.8. The van der Waals surface area contributed by atoms with Crippen molar-refractivity contribution in [2.45, 2.75) is 19.3 Å². The highest BCUT2D eigenvalue weighted by Crippen LogP contribution is 2.27. The Kier molecular flexibility index (Phi) is 7.93. The summed E-state index contributed by atoms with van der Waals surface area (Å²) in [5, 5.41) is 25.4. The summed E-state index contributed by atoms with van der Waals surface area (Å²) in [5.74, 6) is 1.39. The number of amides is 1. The summed E-state index contributed by atoms with van der Waals surface area (Å²) in [6.07, 6.45) is -0.602. The first-order valence-corrected chi connectivity index (χ1v) is 9.28. The predicted octanol–water partition coefficient (Wildman–Crippen LogP) is 2.39. The molecule has 1 heterocycles. The second-order valence-corrected chi connectivity index (χ2v) is 6.58. The molecular weight excluding hydrogens is 379 g/mol. The van der Waals surface area contributed by atoms with Crippen LogP contribution in [-0.4, -0.2) is 63.2 Å². The Bertz CT molecular complexity index is 692. The molecule has 0 bridgehead atoms. The second-order valence-electron chi connectivity index (χ2n) is 5.82. The number of nitrogens with zero attached hydrogens (tertiary/aromatic N) is 4. The molecule has 0 fully saturated rings. The van der Waals surface area contributed by atoms with E-state index < -0.39 is 6.09 Å². The van der Waals surface area contributed by atoms with Gasteiger partial charge in [0.25, 0.3) is 0 Å². The molecule has 0 spiro atoms. The zero-order chi connectivity index (χ0) is 18.9. The van der Waals surface area contributed by atoms with Crippen LogP contribution < -0.4 is 10.2 Å². The van der Waals surface area contributed by atoms with Gasteiger partial charge in [0.05, 0.1) is 0 Å². The number of halogens is 2. The predicted molar refractivity (Wildman–Crippen MR) is 101 cm³/mol. The molecule has 0 radical (unpaired) electrons. The maximum absolute atomic E-state index is 11.0. The number of aromatic nitrogens is 4. The number of hydrogen-bond acceptors (Lipinski definition) is 5. The maximum Gasteiger partial charge on any atom is 0.404 e. The van der Waals surface area contributed by atoms with Crippen molar-refractivity contribution in [3.8, 4) is 0 Å². The standard InChI is InChI=1S/C16H22Cl2N6O2/c1-11-2-3-13(24(6-4-17)7-5-18)9-14(11)12(10-19-16(25)26)8-15-20-22-23-21-15/h2-3,9,12,19H,4-8,10H2,1H3,(H,25,26)(H,20,21,22,23). The van der Waals surface area contributed by atoms with Gasteiger partial charge in [-0.15, -0.1) is 33.4 Å². The first-order chi connectivity index (χ1) is 12.5. The van der Waals surface area contributed by atoms with Gasteiger partial charge in [0, 0.05) is 49.4 Å². The molecule has 1 aromatic carbocycles. The Hall–Kier alpha value is -2.06. The molecule has 1 atom stereocenters. The fraction of sp³-hybridized carbons (Fsp3) is 0.500. The molecule has 26 heavy (non-hydrogen) atoms. The third-order valence-electron chi connectivity index (χ3n) is 4.09. The largest absolute Gasteiger partial charge is 0.465 e. The van der Waals surface area contributed by atoms with E-state index in [2.05, 4.69) is 36.9 Å². The average molecular weight is 401 g/mol. The van der Waals surface area contributed by atoms with E-state index in [-0.39, 0.29) is 12.5 Å². The number of carboxylic acid groups (broad SMARTS) is 1. The molecule has 1 aromatic heterocycles. The minimum Gasteiger partial charge on any atom is -0.465 e. The van der Waals surface area contributed by atoms with Gasteiger partial charge in [0.2, 0.25) is 0 Å². The number of hydrogen-bond donors (Lipinski definition) is 3. The van der Waals surface area contributed by atoms with Gasteiger partial charge in [-0.25, -0.2) is 4.79 Å². The van der Waals surface area contributed by atoms with E-state index in [9.17, 15) is 4.79 Å². The van der Waals surface area contributed by atoms with Gasteiger partial charge >= 0.3 is 6.09 Å². The van der Waals surface area contributed by atoms with Crippen LogP contribution in [0.4, 0.5) is 10.5 Å². The van der Waals surface area contributed by atoms with E-state index in [0.29, 0.717) is 37.1 Å². The van der Waals surface area contributed by atoms with Crippen LogP contribution >= 0.6 is 23.2 Å². The van der Waals surface area contributed by atoms with Crippen molar-refractivity contribution >= 4 is 35.0 Å². The van der Waals surface area contributed by atoms with Crippen molar-refractivity contribution in [1.29, 1.82) is 0 Å². The SMILES string of the molecule is Cc1ccc(N(CCCl)CCCl)cc1C(CNC(=O)O)Cc1nn[nH]n1. The Morgan fingerprint density at radius 1 is 1.35 bits per heavy atom. The van der Waals surface area contributed by atoms with Crippen LogP contribution in [0.25, 0.3) is 0 Å². The Morgan fingerprint density at radius 3 is 2.65 bits per heavy atom. The fourth-order valence-corrected chi connectivity index (χ4v) is 3.24. The molecule has 142 valence electrons. The number of aryl methyl sites for hydroxylation is 1. The number of nitrogens with one attached hydrogen (secondary N) is 2. The van der Waals surface area contributed by atoms with Crippen molar-refractivity contribution in [3.63, 3.8) is 0 Å². The fourth-order valence-electron chi connectivity index (χ4n) is 2.83. The first-order valence-electron chi connectivity index (χ1n) is 8.21. The highest BCUT2D eigenvalue weighted by molar-refractivity contribution is 6.18. The monoisotopic (exact) mass is 400 g/mol. The molecule has 3 N–H and O–H groups in total. The summed E-state index contributed by atoms with van der Waals surface area (Å²) in [6.45, 7) is 3.61. The highest BCUT2D eigenvalue weighted by atomic mass is 35.5. The normalized spacial score (nSPS) is 12.0. The third kappa shape index (κ3) is 5.74. The molecule has 0 saturated heterocycles. The molecule has 1 amide bonds. The molecule has 10 heteroatoms. The molecule has 1 unspecified atom stereocenters. The lowest BCUT2D eigenvalue weighted by atomic mass is 9.91. The van der Waals surface area contributed by atoms with Crippen molar-refractivity contribution in [2.75, 3.05) is 36.3 Å². The molecular formula is C16H22Cl2N6O2. The zero-order valence-electron chi connectivity index (χ0n) is 14.5. The number of H-pyrrole nitrogens is 1. The van der Waals surface area contributed by atoms with Gasteiger partial charge in [-0.3, -0.25) is 0 Å². The first kappa shape index (κ1) is 20.3. The number of anilines is 1.